The molecule has 1 fully saturated rings. The molecule has 0 radical (unpaired) electrons. The van der Waals surface area contributed by atoms with Crippen LogP contribution in [0.5, 0.6) is 0 Å². The average Bonchev–Trinajstić information content (AvgIpc) is 3.63. The van der Waals surface area contributed by atoms with E-state index in [1.54, 1.807) is 30.3 Å². The minimum Gasteiger partial charge on any atom is -0.388 e. The van der Waals surface area contributed by atoms with Gasteiger partial charge in [-0.1, -0.05) is 36.1 Å². The molecule has 2 amide bonds. The molecular weight excluding hydrogens is 418 g/mol. The highest BCUT2D eigenvalue weighted by Crippen LogP contribution is 2.19. The van der Waals surface area contributed by atoms with Crippen molar-refractivity contribution in [1.82, 2.24) is 16.1 Å². The third-order valence-corrected chi connectivity index (χ3v) is 5.23. The number of hydrogen-bond acceptors (Lipinski definition) is 5. The van der Waals surface area contributed by atoms with Crippen LogP contribution in [0.2, 0.25) is 0 Å². The molecule has 0 heterocycles. The van der Waals surface area contributed by atoms with E-state index in [4.69, 9.17) is 5.21 Å². The van der Waals surface area contributed by atoms with E-state index in [1.165, 1.54) is 37.7 Å². The summed E-state index contributed by atoms with van der Waals surface area (Å²) in [6.07, 6.45) is 6.13. The number of amides is 2. The fourth-order valence-electron chi connectivity index (χ4n) is 3.11. The molecule has 0 saturated heterocycles. The molecule has 33 heavy (non-hydrogen) atoms. The first-order valence-corrected chi connectivity index (χ1v) is 10.8. The van der Waals surface area contributed by atoms with Crippen LogP contribution < -0.4 is 16.1 Å². The Bertz CT molecular complexity index is 1050. The number of hydrogen-bond donors (Lipinski definition) is 5. The zero-order valence-corrected chi connectivity index (χ0v) is 18.8. The maximum atomic E-state index is 12.4. The Kier molecular flexibility index (Phi) is 8.01. The molecule has 1 aliphatic carbocycles. The summed E-state index contributed by atoms with van der Waals surface area (Å²) in [6.45, 7) is 3.62. The zero-order chi connectivity index (χ0) is 23.8. The monoisotopic (exact) mass is 447 g/mol. The van der Waals surface area contributed by atoms with Gasteiger partial charge in [-0.3, -0.25) is 14.8 Å². The Morgan fingerprint density at radius 2 is 1.79 bits per heavy atom. The minimum atomic E-state index is -1.56. The fourth-order valence-corrected chi connectivity index (χ4v) is 3.11. The average molecular weight is 448 g/mol. The first-order chi connectivity index (χ1) is 15.8. The van der Waals surface area contributed by atoms with Gasteiger partial charge in [-0.15, -0.1) is 0 Å². The number of hydroxylamine groups is 1. The Morgan fingerprint density at radius 1 is 1.12 bits per heavy atom. The normalized spacial score (nSPS) is 14.3. The lowest BCUT2D eigenvalue weighted by Gasteiger charge is -2.28. The smallest absolute Gasteiger partial charge is 0.268 e. The van der Waals surface area contributed by atoms with E-state index in [-0.39, 0.29) is 0 Å². The van der Waals surface area contributed by atoms with Crippen LogP contribution in [0, 0.1) is 11.8 Å². The fraction of sp³-hybridized carbons (Fsp3) is 0.308. The van der Waals surface area contributed by atoms with Crippen molar-refractivity contribution in [2.75, 3.05) is 0 Å². The number of carbonyl (C=O) groups is 2. The van der Waals surface area contributed by atoms with Crippen molar-refractivity contribution < 1.29 is 19.9 Å². The molecule has 1 atom stereocenters. The Hall–Kier alpha value is -3.44. The lowest BCUT2D eigenvalue weighted by Crippen LogP contribution is -2.57. The Labute approximate surface area is 193 Å². The van der Waals surface area contributed by atoms with Gasteiger partial charge >= 0.3 is 0 Å². The predicted molar refractivity (Wildman–Crippen MR) is 126 cm³/mol. The molecule has 172 valence electrons. The van der Waals surface area contributed by atoms with E-state index in [9.17, 15) is 14.7 Å². The quantitative estimate of drug-likeness (QED) is 0.242. The number of aliphatic hydroxyl groups is 1. The summed E-state index contributed by atoms with van der Waals surface area (Å²) in [4.78, 5) is 24.2. The summed E-state index contributed by atoms with van der Waals surface area (Å²) in [7, 11) is 0. The SMILES string of the molecule is CC(C)(O)C(NC(=O)c1ccc(/C=C/C#Cc2ccc(CNC3CC3)cc2)cc1)C(=O)NO. The molecule has 0 aliphatic heterocycles. The summed E-state index contributed by atoms with van der Waals surface area (Å²) < 4.78 is 0. The second-order valence-corrected chi connectivity index (χ2v) is 8.61. The van der Waals surface area contributed by atoms with Crippen molar-refractivity contribution in [2.24, 2.45) is 0 Å². The molecule has 1 saturated carbocycles. The van der Waals surface area contributed by atoms with Crippen LogP contribution in [0.4, 0.5) is 0 Å². The van der Waals surface area contributed by atoms with Gasteiger partial charge in [-0.25, -0.2) is 5.48 Å². The van der Waals surface area contributed by atoms with Gasteiger partial charge in [0.1, 0.15) is 6.04 Å². The number of carbonyl (C=O) groups excluding carboxylic acids is 2. The highest BCUT2D eigenvalue weighted by atomic mass is 16.5. The van der Waals surface area contributed by atoms with Crippen LogP contribution in [-0.2, 0) is 11.3 Å². The van der Waals surface area contributed by atoms with Crippen LogP contribution in [-0.4, -0.2) is 39.8 Å². The first-order valence-electron chi connectivity index (χ1n) is 10.8. The lowest BCUT2D eigenvalue weighted by atomic mass is 9.97. The molecule has 2 aromatic rings. The van der Waals surface area contributed by atoms with Crippen LogP contribution in [0.25, 0.3) is 6.08 Å². The Morgan fingerprint density at radius 3 is 2.36 bits per heavy atom. The van der Waals surface area contributed by atoms with E-state index in [1.807, 2.05) is 18.2 Å². The highest BCUT2D eigenvalue weighted by molar-refractivity contribution is 5.97. The number of benzene rings is 2. The molecule has 2 aromatic carbocycles. The van der Waals surface area contributed by atoms with Crippen LogP contribution >= 0.6 is 0 Å². The molecular formula is C26H29N3O4. The van der Waals surface area contributed by atoms with Gasteiger partial charge in [0.25, 0.3) is 11.8 Å². The van der Waals surface area contributed by atoms with Gasteiger partial charge in [0.15, 0.2) is 0 Å². The van der Waals surface area contributed by atoms with E-state index in [0.717, 1.165) is 17.7 Å². The minimum absolute atomic E-state index is 0.314. The number of nitrogens with one attached hydrogen (secondary N) is 3. The summed E-state index contributed by atoms with van der Waals surface area (Å²) >= 11 is 0. The van der Waals surface area contributed by atoms with Gasteiger partial charge < -0.3 is 15.7 Å². The predicted octanol–water partition coefficient (Wildman–Crippen LogP) is 2.38. The van der Waals surface area contributed by atoms with Gasteiger partial charge in [0, 0.05) is 23.7 Å². The molecule has 0 bridgehead atoms. The first kappa shape index (κ1) is 24.2. The third kappa shape index (κ3) is 7.58. The van der Waals surface area contributed by atoms with Crippen molar-refractivity contribution >= 4 is 17.9 Å². The molecule has 7 heteroatoms. The molecule has 0 spiro atoms. The van der Waals surface area contributed by atoms with Crippen LogP contribution in [0.3, 0.4) is 0 Å². The van der Waals surface area contributed by atoms with E-state index in [2.05, 4.69) is 34.6 Å². The lowest BCUT2D eigenvalue weighted by molar-refractivity contribution is -0.136. The Balaban J connectivity index is 1.54. The van der Waals surface area contributed by atoms with Gasteiger partial charge in [0.2, 0.25) is 0 Å². The number of rotatable bonds is 8. The van der Waals surface area contributed by atoms with E-state index in [0.29, 0.717) is 11.6 Å². The van der Waals surface area contributed by atoms with Crippen molar-refractivity contribution in [3.05, 3.63) is 76.9 Å². The molecule has 3 rings (SSSR count). The van der Waals surface area contributed by atoms with Crippen molar-refractivity contribution in [1.29, 1.82) is 0 Å². The van der Waals surface area contributed by atoms with Gasteiger partial charge in [-0.2, -0.15) is 0 Å². The summed E-state index contributed by atoms with van der Waals surface area (Å²) in [5.41, 5.74) is 3.25. The van der Waals surface area contributed by atoms with E-state index < -0.39 is 23.5 Å². The van der Waals surface area contributed by atoms with Gasteiger partial charge in [-0.05, 0) is 74.2 Å². The maximum Gasteiger partial charge on any atom is 0.268 e. The maximum absolute atomic E-state index is 12.4. The van der Waals surface area contributed by atoms with Crippen molar-refractivity contribution in [3.8, 4) is 11.8 Å². The van der Waals surface area contributed by atoms with Crippen molar-refractivity contribution in [2.45, 2.75) is 50.9 Å². The van der Waals surface area contributed by atoms with E-state index >= 15 is 0 Å². The van der Waals surface area contributed by atoms with Crippen molar-refractivity contribution in [3.63, 3.8) is 0 Å². The molecule has 1 unspecified atom stereocenters. The standard InChI is InChI=1S/C26H29N3O4/c1-26(2,32)23(25(31)29-33)28-24(30)21-13-11-19(12-14-21)6-4-3-5-18-7-9-20(10-8-18)17-27-22-15-16-22/h4,6-14,22-23,27,32-33H,15-17H2,1-2H3,(H,28,30)(H,29,31)/b6-4+. The van der Waals surface area contributed by atoms with Gasteiger partial charge in [0.05, 0.1) is 5.60 Å². The number of allylic oxidation sites excluding steroid dienone is 1. The summed E-state index contributed by atoms with van der Waals surface area (Å²) in [6, 6.07) is 14.3. The molecule has 7 nitrogen and oxygen atoms in total. The highest BCUT2D eigenvalue weighted by Gasteiger charge is 2.34. The second-order valence-electron chi connectivity index (χ2n) is 8.61. The molecule has 5 N–H and O–H groups in total. The topological polar surface area (TPSA) is 111 Å². The third-order valence-electron chi connectivity index (χ3n) is 5.23. The largest absolute Gasteiger partial charge is 0.388 e. The summed E-state index contributed by atoms with van der Waals surface area (Å²) in [5.74, 6) is 4.66. The molecule has 1 aliphatic rings. The second kappa shape index (κ2) is 10.9. The summed E-state index contributed by atoms with van der Waals surface area (Å²) in [5, 5.41) is 24.8. The zero-order valence-electron chi connectivity index (χ0n) is 18.8. The van der Waals surface area contributed by atoms with Crippen LogP contribution in [0.15, 0.2) is 54.6 Å². The molecule has 0 aromatic heterocycles. The van der Waals surface area contributed by atoms with Crippen LogP contribution in [0.1, 0.15) is 53.7 Å².